The first kappa shape index (κ1) is 13.4. The highest BCUT2D eigenvalue weighted by molar-refractivity contribution is 5.87. The van der Waals surface area contributed by atoms with Crippen molar-refractivity contribution in [3.8, 4) is 0 Å². The van der Waals surface area contributed by atoms with Crippen LogP contribution in [-0.2, 0) is 14.3 Å². The molecule has 0 aromatic carbocycles. The second-order valence-electron chi connectivity index (χ2n) is 1.38. The quantitative estimate of drug-likeness (QED) is 0.333. The summed E-state index contributed by atoms with van der Waals surface area (Å²) in [4.78, 5) is 19.5. The van der Waals surface area contributed by atoms with Crippen LogP contribution in [0.15, 0.2) is 0 Å². The van der Waals surface area contributed by atoms with Crippen molar-refractivity contribution >= 4 is 11.9 Å². The lowest BCUT2D eigenvalue weighted by Gasteiger charge is -2.01. The van der Waals surface area contributed by atoms with E-state index in [4.69, 9.17) is 9.15 Å². The number of halogens is 5. The Bertz CT molecular complexity index is 163. The van der Waals surface area contributed by atoms with Gasteiger partial charge in [-0.05, 0) is 0 Å². The molecule has 0 N–H and O–H groups in total. The summed E-state index contributed by atoms with van der Waals surface area (Å²) in [6.45, 7) is 0.712. The van der Waals surface area contributed by atoms with Crippen molar-refractivity contribution in [2.24, 2.45) is 0 Å². The summed E-state index contributed by atoms with van der Waals surface area (Å²) in [6.07, 6.45) is -5.09. The first-order valence-electron chi connectivity index (χ1n) is 2.28. The van der Waals surface area contributed by atoms with E-state index in [1.54, 1.807) is 0 Å². The molecule has 3 nitrogen and oxygen atoms in total. The number of rotatable bonds is 0. The lowest BCUT2D eigenvalue weighted by molar-refractivity contribution is -0.201. The number of hydrogen-bond donors (Lipinski definition) is 0. The Kier molecular flexibility index (Phi) is 6.07. The minimum absolute atomic E-state index is 0.712. The van der Waals surface area contributed by atoms with Crippen LogP contribution in [-0.4, -0.2) is 18.1 Å². The number of alkyl halides is 3. The highest BCUT2D eigenvalue weighted by Gasteiger charge is 2.41. The van der Waals surface area contributed by atoms with Gasteiger partial charge in [-0.1, -0.05) is 0 Å². The Labute approximate surface area is 63.0 Å². The molecule has 0 aromatic heterocycles. The normalized spacial score (nSPS) is 9.50. The van der Waals surface area contributed by atoms with Crippen LogP contribution in [0.3, 0.4) is 0 Å². The fourth-order valence-electron chi connectivity index (χ4n) is 0.188. The van der Waals surface area contributed by atoms with Gasteiger partial charge in [0.25, 0.3) is 0 Å². The van der Waals surface area contributed by atoms with Crippen molar-refractivity contribution in [2.45, 2.75) is 13.1 Å². The van der Waals surface area contributed by atoms with E-state index < -0.39 is 18.1 Å². The summed E-state index contributed by atoms with van der Waals surface area (Å²) in [5.41, 5.74) is 0. The average molecular weight is 194 g/mol. The van der Waals surface area contributed by atoms with Gasteiger partial charge in [0.2, 0.25) is 0 Å². The summed E-state index contributed by atoms with van der Waals surface area (Å²) in [5.74, 6) is -3.76. The van der Waals surface area contributed by atoms with Gasteiger partial charge in [-0.15, -0.1) is 0 Å². The highest BCUT2D eigenvalue weighted by Crippen LogP contribution is 2.16. The number of hydrogen-bond acceptors (Lipinski definition) is 3. The maximum Gasteiger partial charge on any atom is 0.491 e. The molecule has 0 amide bonds. The predicted molar refractivity (Wildman–Crippen MR) is 25.0 cm³/mol. The molecule has 0 radical (unpaired) electrons. The Balaban J connectivity index is 0. The number of carbonyl (C=O) groups excluding carboxylic acids is 2. The van der Waals surface area contributed by atoms with Gasteiger partial charge in [-0.25, -0.2) is 4.79 Å². The third kappa shape index (κ3) is 6.90. The van der Waals surface area contributed by atoms with Crippen molar-refractivity contribution in [3.05, 3.63) is 0 Å². The zero-order valence-corrected chi connectivity index (χ0v) is 5.61. The molecule has 0 aliphatic rings. The molecule has 0 unspecified atom stereocenters. The van der Waals surface area contributed by atoms with E-state index in [1.165, 1.54) is 0 Å². The maximum absolute atomic E-state index is 11.2. The monoisotopic (exact) mass is 194 g/mol. The first-order chi connectivity index (χ1) is 5.34. The van der Waals surface area contributed by atoms with Crippen molar-refractivity contribution in [1.82, 2.24) is 0 Å². The fraction of sp³-hybridized carbons (Fsp3) is 0.500. The van der Waals surface area contributed by atoms with Crippen LogP contribution in [0.2, 0.25) is 0 Å². The molecule has 0 bridgehead atoms. The van der Waals surface area contributed by atoms with Gasteiger partial charge in [0.15, 0.2) is 0 Å². The first-order valence-corrected chi connectivity index (χ1v) is 2.28. The molecule has 0 spiro atoms. The summed E-state index contributed by atoms with van der Waals surface area (Å²) in [5, 5.41) is 0. The molecule has 0 atom stereocenters. The lowest BCUT2D eigenvalue weighted by Crippen LogP contribution is -2.26. The smallest absolute Gasteiger partial charge is 0.387 e. The van der Waals surface area contributed by atoms with E-state index >= 15 is 0 Å². The molecule has 8 heteroatoms. The second-order valence-corrected chi connectivity index (χ2v) is 1.38. The van der Waals surface area contributed by atoms with Crippen LogP contribution < -0.4 is 0 Å². The Morgan fingerprint density at radius 3 is 1.58 bits per heavy atom. The van der Waals surface area contributed by atoms with E-state index in [2.05, 4.69) is 4.74 Å². The molecular weight excluding hydrogens is 191 g/mol. The van der Waals surface area contributed by atoms with Crippen LogP contribution in [0.5, 0.6) is 0 Å². The average Bonchev–Trinajstić information content (AvgIpc) is 1.88. The molecule has 0 heterocycles. The topological polar surface area (TPSA) is 43.4 Å². The molecule has 0 aromatic rings. The van der Waals surface area contributed by atoms with Gasteiger partial charge >= 0.3 is 18.1 Å². The molecule has 0 aliphatic heterocycles. The molecule has 0 aliphatic carbocycles. The van der Waals surface area contributed by atoms with Gasteiger partial charge in [0.05, 0.1) is 0 Å². The summed E-state index contributed by atoms with van der Waals surface area (Å²) < 4.78 is 52.8. The Hall–Kier alpha value is -1.21. The zero-order valence-electron chi connectivity index (χ0n) is 5.61. The second kappa shape index (κ2) is 5.44. The minimum Gasteiger partial charge on any atom is -0.387 e. The van der Waals surface area contributed by atoms with E-state index in [0.29, 0.717) is 6.92 Å². The maximum atomic E-state index is 11.2. The Morgan fingerprint density at radius 2 is 1.50 bits per heavy atom. The van der Waals surface area contributed by atoms with Gasteiger partial charge in [-0.3, -0.25) is 4.79 Å². The van der Waals surface area contributed by atoms with Crippen LogP contribution in [0.25, 0.3) is 0 Å². The third-order valence-corrected chi connectivity index (χ3v) is 0.468. The van der Waals surface area contributed by atoms with E-state index in [1.807, 2.05) is 0 Å². The highest BCUT2D eigenvalue weighted by atomic mass is 20.0. The van der Waals surface area contributed by atoms with Crippen LogP contribution >= 0.6 is 0 Å². The molecule has 0 saturated heterocycles. The lowest BCUT2D eigenvalue weighted by atomic mass is 10.6. The van der Waals surface area contributed by atoms with Gasteiger partial charge in [0, 0.05) is 16.1 Å². The minimum atomic E-state index is -5.09. The predicted octanol–water partition coefficient (Wildman–Crippen LogP) is 1.48. The zero-order chi connectivity index (χ0) is 10.4. The number of carbonyl (C=O) groups is 2. The third-order valence-electron chi connectivity index (χ3n) is 0.468. The standard InChI is InChI=1S/C4H3F3O3.F2/c1-2(8)10-3(9)4(5,6)7;1-2/h1H3;. The summed E-state index contributed by atoms with van der Waals surface area (Å²) in [7, 11) is 0. The van der Waals surface area contributed by atoms with E-state index in [-0.39, 0.29) is 0 Å². The molecular formula is C4H3F5O3. The van der Waals surface area contributed by atoms with Gasteiger partial charge in [-0.2, -0.15) is 13.2 Å². The van der Waals surface area contributed by atoms with Gasteiger partial charge in [0.1, 0.15) is 0 Å². The van der Waals surface area contributed by atoms with Crippen molar-refractivity contribution in [1.29, 1.82) is 0 Å². The number of esters is 2. The summed E-state index contributed by atoms with van der Waals surface area (Å²) >= 11 is 0. The largest absolute Gasteiger partial charge is 0.491 e. The molecule has 0 saturated carbocycles. The number of ether oxygens (including phenoxy) is 1. The Morgan fingerprint density at radius 1 is 1.17 bits per heavy atom. The summed E-state index contributed by atoms with van der Waals surface area (Å²) in [6, 6.07) is 0. The molecule has 0 fully saturated rings. The molecule has 72 valence electrons. The molecule has 0 rings (SSSR count). The van der Waals surface area contributed by atoms with Crippen LogP contribution in [0.1, 0.15) is 6.92 Å². The van der Waals surface area contributed by atoms with Crippen molar-refractivity contribution < 1.29 is 36.6 Å². The van der Waals surface area contributed by atoms with Crippen molar-refractivity contribution in [2.75, 3.05) is 0 Å². The van der Waals surface area contributed by atoms with Gasteiger partial charge < -0.3 is 4.74 Å². The van der Waals surface area contributed by atoms with E-state index in [9.17, 15) is 22.8 Å². The fourth-order valence-corrected chi connectivity index (χ4v) is 0.188. The van der Waals surface area contributed by atoms with E-state index in [0.717, 1.165) is 0 Å². The van der Waals surface area contributed by atoms with Crippen molar-refractivity contribution in [3.63, 3.8) is 0 Å². The van der Waals surface area contributed by atoms with Crippen LogP contribution in [0, 0.1) is 0 Å². The van der Waals surface area contributed by atoms with Crippen LogP contribution in [0.4, 0.5) is 22.3 Å². The molecule has 12 heavy (non-hydrogen) atoms. The SMILES string of the molecule is CC(=O)OC(=O)C(F)(F)F.FF.